The minimum Gasteiger partial charge on any atom is -0.444 e. The van der Waals surface area contributed by atoms with E-state index in [0.717, 1.165) is 0 Å². The van der Waals surface area contributed by atoms with Crippen molar-refractivity contribution in [1.29, 1.82) is 0 Å². The summed E-state index contributed by atoms with van der Waals surface area (Å²) in [6.45, 7) is 1.77. The van der Waals surface area contributed by atoms with Crippen LogP contribution in [-0.4, -0.2) is 30.0 Å². The van der Waals surface area contributed by atoms with Gasteiger partial charge in [-0.1, -0.05) is 12.1 Å². The van der Waals surface area contributed by atoms with Crippen LogP contribution in [0, 0.1) is 0 Å². The maximum absolute atomic E-state index is 12.2. The van der Waals surface area contributed by atoms with Crippen LogP contribution < -0.4 is 10.1 Å². The molecule has 0 fully saturated rings. The van der Waals surface area contributed by atoms with Crippen molar-refractivity contribution in [3.63, 3.8) is 0 Å². The lowest BCUT2D eigenvalue weighted by molar-refractivity contribution is -0.0499. The number of halogens is 2. The number of hydrogen-bond acceptors (Lipinski definition) is 4. The summed E-state index contributed by atoms with van der Waals surface area (Å²) in [5.74, 6) is -0.0491. The topological polar surface area (TPSA) is 67.8 Å². The first kappa shape index (κ1) is 17.2. The molecule has 1 rings (SSSR count). The first-order chi connectivity index (χ1) is 9.71. The van der Waals surface area contributed by atoms with Gasteiger partial charge in [-0.15, -0.1) is 0 Å². The summed E-state index contributed by atoms with van der Waals surface area (Å²) in [6.07, 6.45) is -0.707. The minimum atomic E-state index is -2.94. The first-order valence-electron chi connectivity index (χ1n) is 6.36. The second-order valence-electron chi connectivity index (χ2n) is 5.33. The van der Waals surface area contributed by atoms with Crippen molar-refractivity contribution in [3.05, 3.63) is 29.8 Å². The lowest BCUT2D eigenvalue weighted by Gasteiger charge is -2.23. The van der Waals surface area contributed by atoms with Gasteiger partial charge >= 0.3 is 12.7 Å². The van der Waals surface area contributed by atoms with Gasteiger partial charge in [-0.25, -0.2) is 4.79 Å². The smallest absolute Gasteiger partial charge is 0.408 e. The highest BCUT2D eigenvalue weighted by atomic mass is 19.3. The third-order valence-electron chi connectivity index (χ3n) is 2.36. The summed E-state index contributed by atoms with van der Waals surface area (Å²) in [4.78, 5) is 11.7. The van der Waals surface area contributed by atoms with Crippen molar-refractivity contribution in [2.75, 3.05) is 6.61 Å². The van der Waals surface area contributed by atoms with Gasteiger partial charge < -0.3 is 19.9 Å². The van der Waals surface area contributed by atoms with Crippen LogP contribution in [0.4, 0.5) is 13.6 Å². The molecule has 0 unspecified atom stereocenters. The van der Waals surface area contributed by atoms with Crippen LogP contribution >= 0.6 is 0 Å². The molecule has 118 valence electrons. The van der Waals surface area contributed by atoms with Gasteiger partial charge in [0.1, 0.15) is 11.4 Å². The summed E-state index contributed by atoms with van der Waals surface area (Å²) in [5.41, 5.74) is -0.244. The molecule has 7 heteroatoms. The fourth-order valence-corrected chi connectivity index (χ4v) is 1.59. The molecule has 2 N–H and O–H groups in total. The van der Waals surface area contributed by atoms with Gasteiger partial charge in [0.25, 0.3) is 0 Å². The SMILES string of the molecule is CC(C)(C)OC(=O)N[C@@H](CO)c1cccc(OC(F)F)c1. The average Bonchev–Trinajstić information content (AvgIpc) is 2.33. The number of amides is 1. The Labute approximate surface area is 121 Å². The maximum atomic E-state index is 12.2. The van der Waals surface area contributed by atoms with Crippen LogP contribution in [0.5, 0.6) is 5.75 Å². The number of carbonyl (C=O) groups is 1. The molecule has 0 aromatic heterocycles. The van der Waals surface area contributed by atoms with Gasteiger partial charge in [-0.05, 0) is 38.5 Å². The zero-order valence-electron chi connectivity index (χ0n) is 12.1. The highest BCUT2D eigenvalue weighted by molar-refractivity contribution is 5.68. The Morgan fingerprint density at radius 2 is 2.05 bits per heavy atom. The predicted molar refractivity (Wildman–Crippen MR) is 72.3 cm³/mol. The normalized spacial score (nSPS) is 12.9. The first-order valence-corrected chi connectivity index (χ1v) is 6.36. The Kier molecular flexibility index (Phi) is 5.90. The van der Waals surface area contributed by atoms with Gasteiger partial charge in [-0.2, -0.15) is 8.78 Å². The number of rotatable bonds is 5. The van der Waals surface area contributed by atoms with Crippen LogP contribution in [0.3, 0.4) is 0 Å². The van der Waals surface area contributed by atoms with Gasteiger partial charge in [0.2, 0.25) is 0 Å². The monoisotopic (exact) mass is 303 g/mol. The van der Waals surface area contributed by atoms with Crippen molar-refractivity contribution in [2.45, 2.75) is 39.0 Å². The molecule has 1 atom stereocenters. The molecule has 5 nitrogen and oxygen atoms in total. The molecule has 0 spiro atoms. The van der Waals surface area contributed by atoms with Gasteiger partial charge in [0.15, 0.2) is 0 Å². The third kappa shape index (κ3) is 6.40. The predicted octanol–water partition coefficient (Wildman–Crippen LogP) is 2.85. The van der Waals surface area contributed by atoms with E-state index in [1.54, 1.807) is 26.8 Å². The number of benzene rings is 1. The molecule has 0 radical (unpaired) electrons. The van der Waals surface area contributed by atoms with Crippen LogP contribution in [0.1, 0.15) is 32.4 Å². The van der Waals surface area contributed by atoms with Crippen LogP contribution in [0.2, 0.25) is 0 Å². The molecular formula is C14H19F2NO4. The van der Waals surface area contributed by atoms with E-state index < -0.39 is 31.0 Å². The fraction of sp³-hybridized carbons (Fsp3) is 0.500. The molecule has 0 saturated carbocycles. The number of alkyl carbamates (subject to hydrolysis) is 1. The quantitative estimate of drug-likeness (QED) is 0.877. The van der Waals surface area contributed by atoms with E-state index >= 15 is 0 Å². The maximum Gasteiger partial charge on any atom is 0.408 e. The van der Waals surface area contributed by atoms with E-state index in [2.05, 4.69) is 10.1 Å². The molecule has 0 aliphatic carbocycles. The summed E-state index contributed by atoms with van der Waals surface area (Å²) in [6, 6.07) is 4.98. The molecular weight excluding hydrogens is 284 g/mol. The van der Waals surface area contributed by atoms with E-state index in [4.69, 9.17) is 4.74 Å². The Balaban J connectivity index is 2.78. The summed E-state index contributed by atoms with van der Waals surface area (Å²) >= 11 is 0. The third-order valence-corrected chi connectivity index (χ3v) is 2.36. The number of carbonyl (C=O) groups excluding carboxylic acids is 1. The van der Waals surface area contributed by atoms with E-state index in [1.165, 1.54) is 18.2 Å². The molecule has 1 aromatic rings. The zero-order chi connectivity index (χ0) is 16.0. The number of hydrogen-bond donors (Lipinski definition) is 2. The number of ether oxygens (including phenoxy) is 2. The van der Waals surface area contributed by atoms with Gasteiger partial charge in [0.05, 0.1) is 12.6 Å². The Morgan fingerprint density at radius 3 is 2.57 bits per heavy atom. The molecule has 0 aliphatic rings. The zero-order valence-corrected chi connectivity index (χ0v) is 12.1. The molecule has 21 heavy (non-hydrogen) atoms. The Hall–Kier alpha value is -1.89. The van der Waals surface area contributed by atoms with Crippen molar-refractivity contribution < 1.29 is 28.2 Å². The second-order valence-corrected chi connectivity index (χ2v) is 5.33. The van der Waals surface area contributed by atoms with E-state index in [9.17, 15) is 18.7 Å². The largest absolute Gasteiger partial charge is 0.444 e. The molecule has 0 aliphatic heterocycles. The minimum absolute atomic E-state index is 0.0491. The summed E-state index contributed by atoms with van der Waals surface area (Å²) in [7, 11) is 0. The average molecular weight is 303 g/mol. The van der Waals surface area contributed by atoms with Crippen LogP contribution in [0.15, 0.2) is 24.3 Å². The molecule has 1 aromatic carbocycles. The van der Waals surface area contributed by atoms with E-state index in [0.29, 0.717) is 5.56 Å². The van der Waals surface area contributed by atoms with Crippen molar-refractivity contribution >= 4 is 6.09 Å². The highest BCUT2D eigenvalue weighted by Gasteiger charge is 2.20. The molecule has 1 amide bonds. The second kappa shape index (κ2) is 7.21. The molecule has 0 bridgehead atoms. The summed E-state index contributed by atoms with van der Waals surface area (Å²) in [5, 5.41) is 11.8. The van der Waals surface area contributed by atoms with Crippen LogP contribution in [-0.2, 0) is 4.74 Å². The van der Waals surface area contributed by atoms with E-state index in [1.807, 2.05) is 0 Å². The highest BCUT2D eigenvalue weighted by Crippen LogP contribution is 2.21. The number of aliphatic hydroxyl groups excluding tert-OH is 1. The molecule has 0 heterocycles. The standard InChI is InChI=1S/C14H19F2NO4/c1-14(2,3)21-13(19)17-11(8-18)9-5-4-6-10(7-9)20-12(15)16/h4-7,11-12,18H,8H2,1-3H3,(H,17,19)/t11-/m0/s1. The fourth-order valence-electron chi connectivity index (χ4n) is 1.59. The lowest BCUT2D eigenvalue weighted by Crippen LogP contribution is -2.36. The molecule has 0 saturated heterocycles. The van der Waals surface area contributed by atoms with Gasteiger partial charge in [-0.3, -0.25) is 0 Å². The van der Waals surface area contributed by atoms with Crippen molar-refractivity contribution in [1.82, 2.24) is 5.32 Å². The lowest BCUT2D eigenvalue weighted by atomic mass is 10.1. The number of aliphatic hydroxyl groups is 1. The number of nitrogens with one attached hydrogen (secondary N) is 1. The van der Waals surface area contributed by atoms with Crippen LogP contribution in [0.25, 0.3) is 0 Å². The summed E-state index contributed by atoms with van der Waals surface area (Å²) < 4.78 is 33.7. The Bertz CT molecular complexity index is 474. The van der Waals surface area contributed by atoms with Gasteiger partial charge in [0, 0.05) is 0 Å². The van der Waals surface area contributed by atoms with Crippen molar-refractivity contribution in [2.24, 2.45) is 0 Å². The number of alkyl halides is 2. The van der Waals surface area contributed by atoms with E-state index in [-0.39, 0.29) is 5.75 Å². The van der Waals surface area contributed by atoms with Crippen molar-refractivity contribution in [3.8, 4) is 5.75 Å². The Morgan fingerprint density at radius 1 is 1.38 bits per heavy atom.